The van der Waals surface area contributed by atoms with Crippen molar-refractivity contribution in [1.29, 1.82) is 0 Å². The molecule has 35 heavy (non-hydrogen) atoms. The molecule has 0 saturated heterocycles. The molecule has 2 atom stereocenters. The molecule has 1 amide bonds. The fraction of sp³-hybridized carbons (Fsp3) is 0.133. The van der Waals surface area contributed by atoms with Crippen LogP contribution >= 0.6 is 0 Å². The van der Waals surface area contributed by atoms with Gasteiger partial charge >= 0.3 is 0 Å². The van der Waals surface area contributed by atoms with E-state index in [1.165, 1.54) is 12.1 Å². The van der Waals surface area contributed by atoms with Crippen LogP contribution in [0.3, 0.4) is 0 Å². The van der Waals surface area contributed by atoms with Gasteiger partial charge < -0.3 is 9.72 Å². The monoisotopic (exact) mass is 463 g/mol. The number of pyridine rings is 1. The van der Waals surface area contributed by atoms with Crippen molar-refractivity contribution in [2.75, 3.05) is 0 Å². The number of benzene rings is 3. The minimum absolute atomic E-state index is 0.102. The van der Waals surface area contributed by atoms with Crippen LogP contribution in [0.4, 0.5) is 4.39 Å². The molecule has 0 radical (unpaired) electrons. The second-order valence-corrected chi connectivity index (χ2v) is 8.64. The Balaban J connectivity index is 1.45. The third-order valence-corrected chi connectivity index (χ3v) is 6.26. The van der Waals surface area contributed by atoms with E-state index in [4.69, 9.17) is 0 Å². The van der Waals surface area contributed by atoms with Crippen molar-refractivity contribution >= 4 is 11.6 Å². The SMILES string of the molecule is O=C(CC(c1cccc(F)c1)c1cnc2ccccn12)NC(Cc1ccccc1)c1ccccc1. The molecule has 0 saturated carbocycles. The standard InChI is InChI=1S/C30H26FN3O/c31-25-15-9-14-24(19-25)26(28-21-32-29-16-7-8-17-34(28)29)20-30(35)33-27(23-12-5-2-6-13-23)18-22-10-3-1-4-11-22/h1-17,19,21,26-27H,18,20H2,(H,33,35). The maximum absolute atomic E-state index is 14.2. The molecule has 0 aliphatic heterocycles. The van der Waals surface area contributed by atoms with Gasteiger partial charge in [-0.05, 0) is 47.4 Å². The van der Waals surface area contributed by atoms with Crippen LogP contribution in [-0.2, 0) is 11.2 Å². The van der Waals surface area contributed by atoms with Crippen LogP contribution in [0.2, 0.25) is 0 Å². The summed E-state index contributed by atoms with van der Waals surface area (Å²) in [4.78, 5) is 18.0. The van der Waals surface area contributed by atoms with Gasteiger partial charge in [0.1, 0.15) is 11.5 Å². The van der Waals surface area contributed by atoms with E-state index in [2.05, 4.69) is 22.4 Å². The van der Waals surface area contributed by atoms with Crippen molar-refractivity contribution < 1.29 is 9.18 Å². The Morgan fingerprint density at radius 3 is 2.34 bits per heavy atom. The highest BCUT2D eigenvalue weighted by Crippen LogP contribution is 2.30. The first-order valence-electron chi connectivity index (χ1n) is 11.7. The third kappa shape index (κ3) is 5.30. The van der Waals surface area contributed by atoms with E-state index in [0.29, 0.717) is 6.42 Å². The Hall–Kier alpha value is -4.25. The number of rotatable bonds is 8. The molecule has 0 aliphatic carbocycles. The maximum atomic E-state index is 14.2. The number of carbonyl (C=O) groups excluding carboxylic acids is 1. The smallest absolute Gasteiger partial charge is 0.221 e. The number of amides is 1. The second-order valence-electron chi connectivity index (χ2n) is 8.64. The number of nitrogens with zero attached hydrogens (tertiary/aromatic N) is 2. The molecule has 0 fully saturated rings. The van der Waals surface area contributed by atoms with Crippen molar-refractivity contribution in [2.45, 2.75) is 24.8 Å². The lowest BCUT2D eigenvalue weighted by atomic mass is 9.91. The normalized spacial score (nSPS) is 12.8. The summed E-state index contributed by atoms with van der Waals surface area (Å²) < 4.78 is 16.1. The molecule has 5 rings (SSSR count). The summed E-state index contributed by atoms with van der Waals surface area (Å²) in [6.07, 6.45) is 4.54. The first-order valence-corrected chi connectivity index (χ1v) is 11.7. The summed E-state index contributed by atoms with van der Waals surface area (Å²) in [6.45, 7) is 0. The number of halogens is 1. The summed E-state index contributed by atoms with van der Waals surface area (Å²) >= 11 is 0. The molecular weight excluding hydrogens is 437 g/mol. The fourth-order valence-corrected chi connectivity index (χ4v) is 4.55. The summed E-state index contributed by atoms with van der Waals surface area (Å²) in [5.41, 5.74) is 4.56. The van der Waals surface area contributed by atoms with Crippen LogP contribution in [0, 0.1) is 5.82 Å². The molecule has 2 heterocycles. The molecule has 0 aliphatic rings. The quantitative estimate of drug-likeness (QED) is 0.302. The Kier molecular flexibility index (Phi) is 6.66. The number of hydrogen-bond acceptors (Lipinski definition) is 2. The number of carbonyl (C=O) groups is 1. The first kappa shape index (κ1) is 22.5. The third-order valence-electron chi connectivity index (χ3n) is 6.26. The van der Waals surface area contributed by atoms with Gasteiger partial charge in [-0.3, -0.25) is 4.79 Å². The number of aromatic nitrogens is 2. The molecule has 174 valence electrons. The van der Waals surface area contributed by atoms with Gasteiger partial charge in [0.05, 0.1) is 11.7 Å². The largest absolute Gasteiger partial charge is 0.349 e. The van der Waals surface area contributed by atoms with E-state index in [1.54, 1.807) is 12.3 Å². The minimum Gasteiger partial charge on any atom is -0.349 e. The molecular formula is C30H26FN3O. The predicted octanol–water partition coefficient (Wildman–Crippen LogP) is 6.10. The Bertz CT molecular complexity index is 1420. The van der Waals surface area contributed by atoms with E-state index in [0.717, 1.165) is 28.0 Å². The van der Waals surface area contributed by atoms with Crippen LogP contribution in [0.15, 0.2) is 116 Å². The molecule has 5 heteroatoms. The number of hydrogen-bond donors (Lipinski definition) is 1. The van der Waals surface area contributed by atoms with E-state index >= 15 is 0 Å². The van der Waals surface area contributed by atoms with E-state index in [-0.39, 0.29) is 30.1 Å². The van der Waals surface area contributed by atoms with Crippen molar-refractivity contribution in [3.05, 3.63) is 144 Å². The molecule has 0 spiro atoms. The highest BCUT2D eigenvalue weighted by atomic mass is 19.1. The van der Waals surface area contributed by atoms with E-state index in [9.17, 15) is 9.18 Å². The van der Waals surface area contributed by atoms with Gasteiger partial charge in [-0.15, -0.1) is 0 Å². The van der Waals surface area contributed by atoms with Crippen molar-refractivity contribution in [3.63, 3.8) is 0 Å². The lowest BCUT2D eigenvalue weighted by molar-refractivity contribution is -0.122. The zero-order valence-corrected chi connectivity index (χ0v) is 19.2. The Labute approximate surface area is 204 Å². The van der Waals surface area contributed by atoms with Crippen LogP contribution in [0.25, 0.3) is 5.65 Å². The van der Waals surface area contributed by atoms with E-state index in [1.807, 2.05) is 83.4 Å². The molecule has 4 nitrogen and oxygen atoms in total. The Morgan fingerprint density at radius 2 is 1.57 bits per heavy atom. The average molecular weight is 464 g/mol. The number of nitrogens with one attached hydrogen (secondary N) is 1. The topological polar surface area (TPSA) is 46.4 Å². The predicted molar refractivity (Wildman–Crippen MR) is 136 cm³/mol. The fourth-order valence-electron chi connectivity index (χ4n) is 4.55. The van der Waals surface area contributed by atoms with Gasteiger partial charge in [0.2, 0.25) is 5.91 Å². The zero-order valence-electron chi connectivity index (χ0n) is 19.2. The maximum Gasteiger partial charge on any atom is 0.221 e. The molecule has 0 bridgehead atoms. The molecule has 3 aromatic carbocycles. The summed E-state index contributed by atoms with van der Waals surface area (Å²) in [7, 11) is 0. The Morgan fingerprint density at radius 1 is 0.857 bits per heavy atom. The number of fused-ring (bicyclic) bond motifs is 1. The van der Waals surface area contributed by atoms with Crippen molar-refractivity contribution in [1.82, 2.24) is 14.7 Å². The average Bonchev–Trinajstić information content (AvgIpc) is 3.32. The minimum atomic E-state index is -0.351. The highest BCUT2D eigenvalue weighted by Gasteiger charge is 2.24. The molecule has 2 aromatic heterocycles. The lowest BCUT2D eigenvalue weighted by Gasteiger charge is -2.22. The van der Waals surface area contributed by atoms with Crippen LogP contribution in [0.5, 0.6) is 0 Å². The molecule has 1 N–H and O–H groups in total. The summed E-state index contributed by atoms with van der Waals surface area (Å²) in [5.74, 6) is -0.779. The number of imidazole rings is 1. The molecule has 5 aromatic rings. The zero-order chi connectivity index (χ0) is 24.0. The van der Waals surface area contributed by atoms with Gasteiger partial charge in [0.15, 0.2) is 0 Å². The van der Waals surface area contributed by atoms with E-state index < -0.39 is 0 Å². The van der Waals surface area contributed by atoms with Gasteiger partial charge in [-0.1, -0.05) is 78.9 Å². The van der Waals surface area contributed by atoms with Gasteiger partial charge in [0, 0.05) is 24.7 Å². The highest BCUT2D eigenvalue weighted by molar-refractivity contribution is 5.78. The van der Waals surface area contributed by atoms with Gasteiger partial charge in [-0.25, -0.2) is 9.37 Å². The van der Waals surface area contributed by atoms with Crippen LogP contribution in [-0.4, -0.2) is 15.3 Å². The lowest BCUT2D eigenvalue weighted by Crippen LogP contribution is -2.31. The molecule has 2 unspecified atom stereocenters. The summed E-state index contributed by atoms with van der Waals surface area (Å²) in [6, 6.07) is 32.2. The second kappa shape index (κ2) is 10.3. The van der Waals surface area contributed by atoms with Crippen LogP contribution < -0.4 is 5.32 Å². The van der Waals surface area contributed by atoms with Gasteiger partial charge in [-0.2, -0.15) is 0 Å². The van der Waals surface area contributed by atoms with Gasteiger partial charge in [0.25, 0.3) is 0 Å². The van der Waals surface area contributed by atoms with Crippen LogP contribution in [0.1, 0.15) is 40.8 Å². The first-order chi connectivity index (χ1) is 17.2. The van der Waals surface area contributed by atoms with Crippen molar-refractivity contribution in [2.24, 2.45) is 0 Å². The van der Waals surface area contributed by atoms with Crippen molar-refractivity contribution in [3.8, 4) is 0 Å². The summed E-state index contributed by atoms with van der Waals surface area (Å²) in [5, 5.41) is 3.24.